The number of ether oxygens (including phenoxy) is 3. The summed E-state index contributed by atoms with van der Waals surface area (Å²) in [7, 11) is 3.07. The summed E-state index contributed by atoms with van der Waals surface area (Å²) in [4.78, 5) is 52.5. The van der Waals surface area contributed by atoms with Crippen molar-refractivity contribution in [2.45, 2.75) is 19.9 Å². The Balaban J connectivity index is 1.74. The van der Waals surface area contributed by atoms with Gasteiger partial charge in [0, 0.05) is 26.1 Å². The number of likely N-dealkylation sites (N-methyl/N-ethyl adjacent to an activating group) is 1. The summed E-state index contributed by atoms with van der Waals surface area (Å²) in [6.07, 6.45) is 1.70. The number of amides is 5. The molecule has 4 rings (SSSR count). The minimum atomic E-state index is -0.882. The summed E-state index contributed by atoms with van der Waals surface area (Å²) in [5, 5.41) is 2.17. The van der Waals surface area contributed by atoms with Crippen LogP contribution in [-0.4, -0.2) is 61.0 Å². The van der Waals surface area contributed by atoms with Crippen LogP contribution in [0.25, 0.3) is 6.08 Å². The molecule has 1 N–H and O–H groups in total. The number of fused-ring (bicyclic) bond motifs is 1. The lowest BCUT2D eigenvalue weighted by molar-refractivity contribution is -0.130. The van der Waals surface area contributed by atoms with E-state index < -0.39 is 23.7 Å². The molecule has 0 atom stereocenters. The van der Waals surface area contributed by atoms with Crippen molar-refractivity contribution in [2.24, 2.45) is 0 Å². The lowest BCUT2D eigenvalue weighted by Crippen LogP contribution is -2.53. The molecule has 0 aromatic heterocycles. The van der Waals surface area contributed by atoms with Crippen molar-refractivity contribution >= 4 is 29.8 Å². The number of imide groups is 2. The minimum Gasteiger partial charge on any atom is -0.492 e. The Labute approximate surface area is 206 Å². The number of benzene rings is 2. The molecule has 5 amide bonds. The number of urea groups is 1. The predicted octanol–water partition coefficient (Wildman–Crippen LogP) is 2.25. The maximum atomic E-state index is 13.3. The Morgan fingerprint density at radius 3 is 2.61 bits per heavy atom. The van der Waals surface area contributed by atoms with Gasteiger partial charge in [0.2, 0.25) is 18.4 Å². The zero-order valence-corrected chi connectivity index (χ0v) is 19.9. The molecule has 0 bridgehead atoms. The van der Waals surface area contributed by atoms with Crippen LogP contribution in [-0.2, 0) is 27.3 Å². The van der Waals surface area contributed by atoms with Crippen LogP contribution >= 0.6 is 0 Å². The number of rotatable bonds is 7. The Hall–Kier alpha value is -4.41. The highest BCUT2D eigenvalue weighted by Gasteiger charge is 2.36. The third-order valence-electron chi connectivity index (χ3n) is 5.93. The molecule has 0 spiro atoms. The topological polar surface area (TPSA) is 114 Å². The molecule has 188 valence electrons. The molecule has 2 aromatic carbocycles. The van der Waals surface area contributed by atoms with Gasteiger partial charge in [0.05, 0.1) is 13.7 Å². The zero-order valence-electron chi connectivity index (χ0n) is 19.9. The summed E-state index contributed by atoms with van der Waals surface area (Å²) >= 11 is 0. The van der Waals surface area contributed by atoms with Gasteiger partial charge in [-0.2, -0.15) is 0 Å². The van der Waals surface area contributed by atoms with Crippen LogP contribution in [0.3, 0.4) is 0 Å². The number of methoxy groups -OCH3 is 1. The van der Waals surface area contributed by atoms with E-state index >= 15 is 0 Å². The van der Waals surface area contributed by atoms with Crippen molar-refractivity contribution in [1.29, 1.82) is 0 Å². The lowest BCUT2D eigenvalue weighted by atomic mass is 9.98. The molecular formula is C25H24FN3O7. The Morgan fingerprint density at radius 1 is 1.22 bits per heavy atom. The molecule has 2 heterocycles. The van der Waals surface area contributed by atoms with Crippen molar-refractivity contribution in [3.05, 3.63) is 58.4 Å². The number of halogens is 1. The lowest BCUT2D eigenvalue weighted by Gasteiger charge is -2.27. The molecule has 0 unspecified atom stereocenters. The van der Waals surface area contributed by atoms with E-state index in [2.05, 4.69) is 5.32 Å². The van der Waals surface area contributed by atoms with Crippen molar-refractivity contribution < 1.29 is 37.8 Å². The predicted molar refractivity (Wildman–Crippen MR) is 125 cm³/mol. The third-order valence-corrected chi connectivity index (χ3v) is 5.93. The molecular weight excluding hydrogens is 473 g/mol. The first-order chi connectivity index (χ1) is 17.2. The second-order valence-corrected chi connectivity index (χ2v) is 8.24. The van der Waals surface area contributed by atoms with Gasteiger partial charge in [0.1, 0.15) is 11.4 Å². The first-order valence-electron chi connectivity index (χ1n) is 11.0. The maximum Gasteiger partial charge on any atom is 0.331 e. The second-order valence-electron chi connectivity index (χ2n) is 8.24. The van der Waals surface area contributed by atoms with E-state index in [4.69, 9.17) is 14.2 Å². The highest BCUT2D eigenvalue weighted by atomic mass is 19.1. The molecule has 1 saturated heterocycles. The van der Waals surface area contributed by atoms with E-state index in [1.807, 2.05) is 0 Å². The number of carbonyl (C=O) groups excluding carboxylic acids is 4. The van der Waals surface area contributed by atoms with Crippen molar-refractivity contribution in [2.75, 3.05) is 27.5 Å². The molecule has 10 nitrogen and oxygen atoms in total. The van der Waals surface area contributed by atoms with Gasteiger partial charge in [0.15, 0.2) is 11.5 Å². The van der Waals surface area contributed by atoms with Gasteiger partial charge < -0.3 is 19.1 Å². The van der Waals surface area contributed by atoms with Gasteiger partial charge in [-0.05, 0) is 41.8 Å². The monoisotopic (exact) mass is 497 g/mol. The summed E-state index contributed by atoms with van der Waals surface area (Å²) < 4.78 is 29.9. The Morgan fingerprint density at radius 2 is 1.94 bits per heavy atom. The molecule has 2 aliphatic heterocycles. The summed E-state index contributed by atoms with van der Waals surface area (Å²) in [6.45, 7) is 1.60. The maximum absolute atomic E-state index is 13.3. The quantitative estimate of drug-likeness (QED) is 0.461. The fourth-order valence-corrected chi connectivity index (χ4v) is 3.84. The molecule has 36 heavy (non-hydrogen) atoms. The van der Waals surface area contributed by atoms with Gasteiger partial charge in [0.25, 0.3) is 11.8 Å². The van der Waals surface area contributed by atoms with Crippen LogP contribution in [0.2, 0.25) is 0 Å². The Bertz CT molecular complexity index is 1270. The van der Waals surface area contributed by atoms with E-state index in [9.17, 15) is 23.6 Å². The van der Waals surface area contributed by atoms with Gasteiger partial charge in [-0.3, -0.25) is 24.6 Å². The number of barbiturate groups is 1. The number of hydrogen-bond acceptors (Lipinski definition) is 7. The van der Waals surface area contributed by atoms with E-state index in [1.54, 1.807) is 13.1 Å². The van der Waals surface area contributed by atoms with Gasteiger partial charge in [-0.15, -0.1) is 0 Å². The first kappa shape index (κ1) is 24.7. The normalized spacial score (nSPS) is 15.8. The van der Waals surface area contributed by atoms with Crippen LogP contribution in [0.15, 0.2) is 35.9 Å². The molecule has 2 aliphatic rings. The first-order valence-corrected chi connectivity index (χ1v) is 11.0. The van der Waals surface area contributed by atoms with Crippen LogP contribution in [0.5, 0.6) is 17.2 Å². The zero-order chi connectivity index (χ0) is 26.0. The number of carbonyl (C=O) groups is 4. The SMILES string of the molecule is COc1c(C=C2C(=O)NC(=O)N(Cc3ccc(F)cc3)C2=O)c(CCN(C)C(C)=O)cc2c1OCO2. The molecule has 0 aliphatic carbocycles. The van der Waals surface area contributed by atoms with Crippen molar-refractivity contribution in [3.8, 4) is 17.2 Å². The average Bonchev–Trinajstić information content (AvgIpc) is 3.31. The summed E-state index contributed by atoms with van der Waals surface area (Å²) in [6, 6.07) is 6.14. The van der Waals surface area contributed by atoms with E-state index in [-0.39, 0.29) is 30.6 Å². The van der Waals surface area contributed by atoms with Crippen LogP contribution < -0.4 is 19.5 Å². The molecule has 0 saturated carbocycles. The molecule has 11 heteroatoms. The fourth-order valence-electron chi connectivity index (χ4n) is 3.84. The van der Waals surface area contributed by atoms with Crippen LogP contribution in [0, 0.1) is 5.82 Å². The summed E-state index contributed by atoms with van der Waals surface area (Å²) in [5.74, 6) is -1.27. The number of nitrogens with one attached hydrogen (secondary N) is 1. The van der Waals surface area contributed by atoms with Crippen LogP contribution in [0.1, 0.15) is 23.6 Å². The second kappa shape index (κ2) is 10.1. The standard InChI is InChI=1S/C25H24FN3O7/c1-14(30)28(2)9-8-16-10-20-22(36-13-35-20)21(34-3)18(16)11-19-23(31)27-25(33)29(24(19)32)12-15-4-6-17(26)7-5-15/h4-7,10-11H,8-9,12-13H2,1-3H3,(H,27,31,33). The van der Waals surface area contributed by atoms with Crippen molar-refractivity contribution in [1.82, 2.24) is 15.1 Å². The molecule has 2 aromatic rings. The fraction of sp³-hybridized carbons (Fsp3) is 0.280. The van der Waals surface area contributed by atoms with Gasteiger partial charge in [-0.25, -0.2) is 9.18 Å². The molecule has 1 fully saturated rings. The van der Waals surface area contributed by atoms with Gasteiger partial charge in [-0.1, -0.05) is 12.1 Å². The van der Waals surface area contributed by atoms with Crippen LogP contribution in [0.4, 0.5) is 9.18 Å². The number of nitrogens with zero attached hydrogens (tertiary/aromatic N) is 2. The van der Waals surface area contributed by atoms with E-state index in [0.717, 1.165) is 4.90 Å². The number of hydrogen-bond donors (Lipinski definition) is 1. The highest BCUT2D eigenvalue weighted by Crippen LogP contribution is 2.46. The highest BCUT2D eigenvalue weighted by molar-refractivity contribution is 6.31. The van der Waals surface area contributed by atoms with Crippen molar-refractivity contribution in [3.63, 3.8) is 0 Å². The minimum absolute atomic E-state index is 0.0299. The summed E-state index contributed by atoms with van der Waals surface area (Å²) in [5.41, 5.74) is 1.23. The Kier molecular flexibility index (Phi) is 6.91. The van der Waals surface area contributed by atoms with E-state index in [1.165, 1.54) is 49.3 Å². The third kappa shape index (κ3) is 4.85. The average molecular weight is 497 g/mol. The smallest absolute Gasteiger partial charge is 0.331 e. The molecule has 0 radical (unpaired) electrons. The van der Waals surface area contributed by atoms with Gasteiger partial charge >= 0.3 is 6.03 Å². The van der Waals surface area contributed by atoms with E-state index in [0.29, 0.717) is 41.2 Å². The largest absolute Gasteiger partial charge is 0.492 e.